The second-order valence-electron chi connectivity index (χ2n) is 4.52. The number of β-amino-alcohol motifs (C(OH)–C–C–N with tert-alkyl or cyclic N) is 1. The molecule has 0 radical (unpaired) electrons. The Morgan fingerprint density at radius 2 is 2.31 bits per heavy atom. The van der Waals surface area contributed by atoms with E-state index in [0.29, 0.717) is 24.7 Å². The summed E-state index contributed by atoms with van der Waals surface area (Å²) in [6.45, 7) is 4.31. The van der Waals surface area contributed by atoms with Gasteiger partial charge in [0.15, 0.2) is 0 Å². The lowest BCUT2D eigenvalue weighted by Gasteiger charge is -2.17. The third-order valence-electron chi connectivity index (χ3n) is 2.90. The average Bonchev–Trinajstić information content (AvgIpc) is 2.85. The largest absolute Gasteiger partial charge is 0.392 e. The van der Waals surface area contributed by atoms with Crippen LogP contribution >= 0.6 is 0 Å². The minimum Gasteiger partial charge on any atom is -0.392 e. The van der Waals surface area contributed by atoms with Crippen molar-refractivity contribution < 1.29 is 14.4 Å². The Kier molecular flexibility index (Phi) is 2.96. The van der Waals surface area contributed by atoms with Crippen molar-refractivity contribution in [3.05, 3.63) is 11.7 Å². The van der Waals surface area contributed by atoms with Crippen molar-refractivity contribution in [1.82, 2.24) is 15.5 Å². The van der Waals surface area contributed by atoms with Gasteiger partial charge in [0.1, 0.15) is 5.60 Å². The highest BCUT2D eigenvalue weighted by atomic mass is 16.5. The van der Waals surface area contributed by atoms with Crippen LogP contribution in [0.5, 0.6) is 0 Å². The van der Waals surface area contributed by atoms with Crippen molar-refractivity contribution in [3.63, 3.8) is 0 Å². The van der Waals surface area contributed by atoms with E-state index < -0.39 is 5.60 Å². The van der Waals surface area contributed by atoms with E-state index in [-0.39, 0.29) is 12.1 Å². The van der Waals surface area contributed by atoms with Gasteiger partial charge >= 0.3 is 0 Å². The molecular weight excluding hydrogens is 210 g/mol. The summed E-state index contributed by atoms with van der Waals surface area (Å²) in [4.78, 5) is 4.29. The smallest absolute Gasteiger partial charge is 0.243 e. The highest BCUT2D eigenvalue weighted by Gasteiger charge is 2.31. The van der Waals surface area contributed by atoms with Crippen LogP contribution in [0.4, 0.5) is 0 Å². The van der Waals surface area contributed by atoms with Gasteiger partial charge in [0, 0.05) is 13.7 Å². The molecule has 1 aromatic rings. The van der Waals surface area contributed by atoms with Crippen molar-refractivity contribution in [2.45, 2.75) is 38.0 Å². The molecule has 0 aliphatic carbocycles. The zero-order valence-electron chi connectivity index (χ0n) is 9.73. The van der Waals surface area contributed by atoms with Crippen LogP contribution in [0.1, 0.15) is 38.0 Å². The van der Waals surface area contributed by atoms with Gasteiger partial charge in [0.05, 0.1) is 12.1 Å². The lowest BCUT2D eigenvalue weighted by molar-refractivity contribution is 0.00973. The lowest BCUT2D eigenvalue weighted by atomic mass is 10.1. The first kappa shape index (κ1) is 11.5. The molecule has 2 rings (SSSR count). The van der Waals surface area contributed by atoms with E-state index in [0.717, 1.165) is 0 Å². The van der Waals surface area contributed by atoms with Crippen LogP contribution < -0.4 is 5.32 Å². The standard InChI is InChI=1S/C10H17N3O3/c1-10(2,15-3)9-12-8(16-13-9)7-4-6(14)5-11-7/h6-7,11,14H,4-5H2,1-3H3/t6?,7-/m0/s1. The molecular formula is C10H17N3O3. The quantitative estimate of drug-likeness (QED) is 0.775. The van der Waals surface area contributed by atoms with Crippen molar-refractivity contribution in [2.24, 2.45) is 0 Å². The first-order chi connectivity index (χ1) is 7.53. The fourth-order valence-electron chi connectivity index (χ4n) is 1.62. The molecule has 1 unspecified atom stereocenters. The van der Waals surface area contributed by atoms with E-state index in [1.807, 2.05) is 13.8 Å². The number of rotatable bonds is 3. The molecule has 2 heterocycles. The Bertz CT molecular complexity index is 364. The first-order valence-electron chi connectivity index (χ1n) is 5.33. The fraction of sp³-hybridized carbons (Fsp3) is 0.800. The Morgan fingerprint density at radius 3 is 2.88 bits per heavy atom. The number of aromatic nitrogens is 2. The zero-order chi connectivity index (χ0) is 11.8. The molecule has 1 fully saturated rings. The van der Waals surface area contributed by atoms with Gasteiger partial charge in [-0.3, -0.25) is 0 Å². The average molecular weight is 227 g/mol. The summed E-state index contributed by atoms with van der Waals surface area (Å²) in [6, 6.07) is -0.0519. The Balaban J connectivity index is 2.14. The molecule has 0 saturated carbocycles. The number of methoxy groups -OCH3 is 1. The number of hydrogen-bond acceptors (Lipinski definition) is 6. The summed E-state index contributed by atoms with van der Waals surface area (Å²) in [5, 5.41) is 16.4. The molecule has 2 N–H and O–H groups in total. The minimum atomic E-state index is -0.557. The molecule has 6 nitrogen and oxygen atoms in total. The molecule has 6 heteroatoms. The molecule has 0 spiro atoms. The lowest BCUT2D eigenvalue weighted by Crippen LogP contribution is -2.21. The normalized spacial score (nSPS) is 26.2. The first-order valence-corrected chi connectivity index (χ1v) is 5.33. The van der Waals surface area contributed by atoms with Crippen LogP contribution in [-0.2, 0) is 10.3 Å². The Hall–Kier alpha value is -0.980. The van der Waals surface area contributed by atoms with E-state index in [1.165, 1.54) is 0 Å². The third kappa shape index (κ3) is 2.09. The topological polar surface area (TPSA) is 80.4 Å². The maximum atomic E-state index is 9.40. The van der Waals surface area contributed by atoms with Crippen molar-refractivity contribution >= 4 is 0 Å². The van der Waals surface area contributed by atoms with Gasteiger partial charge in [-0.15, -0.1) is 0 Å². The number of aliphatic hydroxyl groups excluding tert-OH is 1. The van der Waals surface area contributed by atoms with Crippen LogP contribution in [0.25, 0.3) is 0 Å². The molecule has 1 aliphatic heterocycles. The second-order valence-corrected chi connectivity index (χ2v) is 4.52. The minimum absolute atomic E-state index is 0.0519. The number of ether oxygens (including phenoxy) is 1. The summed E-state index contributed by atoms with van der Waals surface area (Å²) in [5.41, 5.74) is -0.557. The van der Waals surface area contributed by atoms with Gasteiger partial charge in [-0.1, -0.05) is 5.16 Å². The molecule has 0 aromatic carbocycles. The van der Waals surface area contributed by atoms with Gasteiger partial charge in [-0.05, 0) is 20.3 Å². The highest BCUT2D eigenvalue weighted by Crippen LogP contribution is 2.25. The Morgan fingerprint density at radius 1 is 1.56 bits per heavy atom. The maximum absolute atomic E-state index is 9.40. The van der Waals surface area contributed by atoms with Crippen molar-refractivity contribution in [3.8, 4) is 0 Å². The van der Waals surface area contributed by atoms with Crippen molar-refractivity contribution in [1.29, 1.82) is 0 Å². The van der Waals surface area contributed by atoms with Crippen LogP contribution in [-0.4, -0.2) is 35.0 Å². The number of nitrogens with zero attached hydrogens (tertiary/aromatic N) is 2. The summed E-state index contributed by atoms with van der Waals surface area (Å²) in [5.74, 6) is 1.03. The van der Waals surface area contributed by atoms with Gasteiger partial charge < -0.3 is 19.7 Å². The van der Waals surface area contributed by atoms with Crippen molar-refractivity contribution in [2.75, 3.05) is 13.7 Å². The number of nitrogens with one attached hydrogen (secondary N) is 1. The molecule has 0 amide bonds. The van der Waals surface area contributed by atoms with Gasteiger partial charge in [-0.25, -0.2) is 0 Å². The van der Waals surface area contributed by atoms with Crippen LogP contribution in [0.3, 0.4) is 0 Å². The molecule has 2 atom stereocenters. The van der Waals surface area contributed by atoms with Crippen LogP contribution in [0, 0.1) is 0 Å². The SMILES string of the molecule is COC(C)(C)c1noc([C@@H]2CC(O)CN2)n1. The third-order valence-corrected chi connectivity index (χ3v) is 2.90. The van der Waals surface area contributed by atoms with Gasteiger partial charge in [-0.2, -0.15) is 4.98 Å². The summed E-state index contributed by atoms with van der Waals surface area (Å²) in [7, 11) is 1.60. The van der Waals surface area contributed by atoms with Crippen LogP contribution in [0.2, 0.25) is 0 Å². The summed E-state index contributed by atoms with van der Waals surface area (Å²) in [6.07, 6.45) is 0.269. The number of hydrogen-bond donors (Lipinski definition) is 2. The number of aliphatic hydroxyl groups is 1. The van der Waals surface area contributed by atoms with Gasteiger partial charge in [0.2, 0.25) is 11.7 Å². The maximum Gasteiger partial charge on any atom is 0.243 e. The molecule has 1 aromatic heterocycles. The van der Waals surface area contributed by atoms with Gasteiger partial charge in [0.25, 0.3) is 0 Å². The van der Waals surface area contributed by atoms with Crippen LogP contribution in [0.15, 0.2) is 4.52 Å². The zero-order valence-corrected chi connectivity index (χ0v) is 9.73. The summed E-state index contributed by atoms with van der Waals surface area (Å²) >= 11 is 0. The van der Waals surface area contributed by atoms with E-state index in [1.54, 1.807) is 7.11 Å². The molecule has 90 valence electrons. The molecule has 16 heavy (non-hydrogen) atoms. The van der Waals surface area contributed by atoms with E-state index in [9.17, 15) is 5.11 Å². The fourth-order valence-corrected chi connectivity index (χ4v) is 1.62. The molecule has 1 saturated heterocycles. The highest BCUT2D eigenvalue weighted by molar-refractivity contribution is 5.02. The second kappa shape index (κ2) is 4.12. The predicted octanol–water partition coefficient (Wildman–Crippen LogP) is 0.346. The molecule has 1 aliphatic rings. The van der Waals surface area contributed by atoms with E-state index in [4.69, 9.17) is 9.26 Å². The van der Waals surface area contributed by atoms with E-state index >= 15 is 0 Å². The predicted molar refractivity (Wildman–Crippen MR) is 55.7 cm³/mol. The van der Waals surface area contributed by atoms with E-state index in [2.05, 4.69) is 15.5 Å². The summed E-state index contributed by atoms with van der Waals surface area (Å²) < 4.78 is 10.4. The monoisotopic (exact) mass is 227 g/mol. The molecule has 0 bridgehead atoms. The Labute approximate surface area is 94.0 Å².